The molecule has 140 valence electrons. The Balaban J connectivity index is 2.16. The summed E-state index contributed by atoms with van der Waals surface area (Å²) in [6.45, 7) is 3.91. The van der Waals surface area contributed by atoms with Gasteiger partial charge >= 0.3 is 0 Å². The highest BCUT2D eigenvalue weighted by Crippen LogP contribution is 2.35. The quantitative estimate of drug-likeness (QED) is 0.824. The summed E-state index contributed by atoms with van der Waals surface area (Å²) in [7, 11) is 4.58. The molecule has 0 aromatic heterocycles. The Morgan fingerprint density at radius 2 is 1.67 bits per heavy atom. The molecule has 0 saturated carbocycles. The van der Waals surface area contributed by atoms with E-state index in [1.807, 2.05) is 32.0 Å². The molecule has 2 aromatic carbocycles. The van der Waals surface area contributed by atoms with Crippen LogP contribution >= 0.6 is 0 Å². The van der Waals surface area contributed by atoms with Crippen LogP contribution in [-0.4, -0.2) is 38.0 Å². The summed E-state index contributed by atoms with van der Waals surface area (Å²) in [4.78, 5) is 26.6. The maximum absolute atomic E-state index is 12.8. The maximum Gasteiger partial charge on any atom is 0.277 e. The second-order valence-corrected chi connectivity index (χ2v) is 6.43. The van der Waals surface area contributed by atoms with Gasteiger partial charge in [-0.2, -0.15) is 0 Å². The monoisotopic (exact) mass is 366 g/mol. The summed E-state index contributed by atoms with van der Waals surface area (Å²) in [5.41, 5.74) is 3.87. The summed E-state index contributed by atoms with van der Waals surface area (Å²) in [5, 5.41) is 3.10. The second kappa shape index (κ2) is 7.15. The SMILES string of the molecule is COc1ccc(OC)c(NC2=C(c3ccc(C)cc3C)C(=O)N(C)C2=O)c1. The zero-order chi connectivity index (χ0) is 19.7. The number of carbonyl (C=O) groups is 2. The van der Waals surface area contributed by atoms with Crippen molar-refractivity contribution in [1.82, 2.24) is 4.90 Å². The minimum absolute atomic E-state index is 0.223. The molecule has 0 radical (unpaired) electrons. The van der Waals surface area contributed by atoms with E-state index in [0.29, 0.717) is 22.8 Å². The lowest BCUT2D eigenvalue weighted by Gasteiger charge is -2.14. The van der Waals surface area contributed by atoms with Crippen molar-refractivity contribution < 1.29 is 19.1 Å². The fourth-order valence-electron chi connectivity index (χ4n) is 3.15. The lowest BCUT2D eigenvalue weighted by atomic mass is 9.97. The van der Waals surface area contributed by atoms with Crippen molar-refractivity contribution in [2.45, 2.75) is 13.8 Å². The Morgan fingerprint density at radius 1 is 0.926 bits per heavy atom. The first-order valence-corrected chi connectivity index (χ1v) is 8.50. The minimum Gasteiger partial charge on any atom is -0.497 e. The number of hydrogen-bond donors (Lipinski definition) is 1. The molecule has 6 nitrogen and oxygen atoms in total. The molecule has 0 atom stereocenters. The van der Waals surface area contributed by atoms with Crippen molar-refractivity contribution in [3.63, 3.8) is 0 Å². The predicted molar refractivity (Wildman–Crippen MR) is 104 cm³/mol. The maximum atomic E-state index is 12.8. The third-order valence-electron chi connectivity index (χ3n) is 4.60. The summed E-state index contributed by atoms with van der Waals surface area (Å²) >= 11 is 0. The summed E-state index contributed by atoms with van der Waals surface area (Å²) in [6, 6.07) is 11.0. The molecular weight excluding hydrogens is 344 g/mol. The number of imide groups is 1. The highest BCUT2D eigenvalue weighted by molar-refractivity contribution is 6.36. The van der Waals surface area contributed by atoms with E-state index in [1.54, 1.807) is 32.4 Å². The average Bonchev–Trinajstić information content (AvgIpc) is 2.86. The lowest BCUT2D eigenvalue weighted by molar-refractivity contribution is -0.135. The van der Waals surface area contributed by atoms with Crippen molar-refractivity contribution in [3.05, 3.63) is 58.8 Å². The van der Waals surface area contributed by atoms with E-state index in [1.165, 1.54) is 7.05 Å². The molecule has 6 heteroatoms. The zero-order valence-corrected chi connectivity index (χ0v) is 16.0. The van der Waals surface area contributed by atoms with E-state index in [4.69, 9.17) is 9.47 Å². The van der Waals surface area contributed by atoms with Crippen molar-refractivity contribution in [1.29, 1.82) is 0 Å². The number of benzene rings is 2. The normalized spacial score (nSPS) is 14.0. The smallest absolute Gasteiger partial charge is 0.277 e. The molecule has 1 heterocycles. The Hall–Kier alpha value is -3.28. The van der Waals surface area contributed by atoms with Crippen molar-refractivity contribution in [2.24, 2.45) is 0 Å². The Bertz CT molecular complexity index is 963. The van der Waals surface area contributed by atoms with Gasteiger partial charge in [0.05, 0.1) is 25.5 Å². The van der Waals surface area contributed by atoms with Crippen molar-refractivity contribution in [3.8, 4) is 11.5 Å². The summed E-state index contributed by atoms with van der Waals surface area (Å²) < 4.78 is 10.6. The van der Waals surface area contributed by atoms with E-state index in [2.05, 4.69) is 5.32 Å². The zero-order valence-electron chi connectivity index (χ0n) is 16.0. The number of nitrogens with one attached hydrogen (secondary N) is 1. The molecule has 1 N–H and O–H groups in total. The van der Waals surface area contributed by atoms with Crippen LogP contribution in [0.5, 0.6) is 11.5 Å². The number of aryl methyl sites for hydroxylation is 2. The molecule has 0 aliphatic carbocycles. The number of likely N-dealkylation sites (N-methyl/N-ethyl adjacent to an activating group) is 1. The van der Waals surface area contributed by atoms with Gasteiger partial charge in [0.1, 0.15) is 17.2 Å². The molecule has 1 aliphatic heterocycles. The predicted octanol–water partition coefficient (Wildman–Crippen LogP) is 3.14. The van der Waals surface area contributed by atoms with Crippen LogP contribution in [0, 0.1) is 13.8 Å². The van der Waals surface area contributed by atoms with Gasteiger partial charge in [-0.25, -0.2) is 0 Å². The number of anilines is 1. The van der Waals surface area contributed by atoms with Crippen LogP contribution in [0.4, 0.5) is 5.69 Å². The lowest BCUT2D eigenvalue weighted by Crippen LogP contribution is -2.28. The molecule has 2 aromatic rings. The molecule has 2 amide bonds. The topological polar surface area (TPSA) is 67.9 Å². The fraction of sp³-hybridized carbons (Fsp3) is 0.238. The Labute approximate surface area is 158 Å². The summed E-state index contributed by atoms with van der Waals surface area (Å²) in [6.07, 6.45) is 0. The largest absolute Gasteiger partial charge is 0.497 e. The standard InChI is InChI=1S/C21H22N2O4/c1-12-6-8-15(13(2)10-12)18-19(21(25)23(3)20(18)24)22-16-11-14(26-4)7-9-17(16)27-5/h6-11,22H,1-5H3. The number of ether oxygens (including phenoxy) is 2. The molecule has 27 heavy (non-hydrogen) atoms. The molecule has 0 spiro atoms. The van der Waals surface area contributed by atoms with E-state index in [9.17, 15) is 9.59 Å². The number of methoxy groups -OCH3 is 2. The first-order valence-electron chi connectivity index (χ1n) is 8.50. The number of carbonyl (C=O) groups excluding carboxylic acids is 2. The van der Waals surface area contributed by atoms with Gasteiger partial charge in [0.2, 0.25) is 0 Å². The molecule has 1 aliphatic rings. The van der Waals surface area contributed by atoms with Crippen LogP contribution in [-0.2, 0) is 9.59 Å². The Morgan fingerprint density at radius 3 is 2.30 bits per heavy atom. The molecule has 3 rings (SSSR count). The van der Waals surface area contributed by atoms with Gasteiger partial charge in [-0.15, -0.1) is 0 Å². The van der Waals surface area contributed by atoms with E-state index in [-0.39, 0.29) is 17.5 Å². The van der Waals surface area contributed by atoms with Gasteiger partial charge in [-0.1, -0.05) is 23.8 Å². The van der Waals surface area contributed by atoms with Gasteiger partial charge in [0.25, 0.3) is 11.8 Å². The summed E-state index contributed by atoms with van der Waals surface area (Å²) in [5.74, 6) is 0.423. The highest BCUT2D eigenvalue weighted by Gasteiger charge is 2.37. The molecule has 0 saturated heterocycles. The van der Waals surface area contributed by atoms with Gasteiger partial charge in [-0.05, 0) is 37.1 Å². The van der Waals surface area contributed by atoms with Crippen LogP contribution in [0.2, 0.25) is 0 Å². The number of rotatable bonds is 5. The van der Waals surface area contributed by atoms with Crippen LogP contribution in [0.15, 0.2) is 42.1 Å². The molecule has 0 bridgehead atoms. The highest BCUT2D eigenvalue weighted by atomic mass is 16.5. The Kier molecular flexibility index (Phi) is 4.90. The van der Waals surface area contributed by atoms with Crippen molar-refractivity contribution >= 4 is 23.1 Å². The van der Waals surface area contributed by atoms with E-state index in [0.717, 1.165) is 21.6 Å². The molecule has 0 unspecified atom stereocenters. The molecule has 0 fully saturated rings. The number of hydrogen-bond acceptors (Lipinski definition) is 5. The number of amides is 2. The minimum atomic E-state index is -0.389. The van der Waals surface area contributed by atoms with E-state index < -0.39 is 0 Å². The van der Waals surface area contributed by atoms with E-state index >= 15 is 0 Å². The van der Waals surface area contributed by atoms with Crippen LogP contribution in [0.3, 0.4) is 0 Å². The second-order valence-electron chi connectivity index (χ2n) is 6.43. The first kappa shape index (κ1) is 18.5. The van der Waals surface area contributed by atoms with Crippen LogP contribution < -0.4 is 14.8 Å². The average molecular weight is 366 g/mol. The number of nitrogens with zero attached hydrogens (tertiary/aromatic N) is 1. The van der Waals surface area contributed by atoms with Crippen LogP contribution in [0.1, 0.15) is 16.7 Å². The third-order valence-corrected chi connectivity index (χ3v) is 4.60. The van der Waals surface area contributed by atoms with Gasteiger partial charge in [0.15, 0.2) is 0 Å². The van der Waals surface area contributed by atoms with Gasteiger partial charge in [0, 0.05) is 13.1 Å². The van der Waals surface area contributed by atoms with Crippen LogP contribution in [0.25, 0.3) is 5.57 Å². The van der Waals surface area contributed by atoms with Crippen molar-refractivity contribution in [2.75, 3.05) is 26.6 Å². The van der Waals surface area contributed by atoms with Gasteiger partial charge < -0.3 is 14.8 Å². The third kappa shape index (κ3) is 3.26. The van der Waals surface area contributed by atoms with Gasteiger partial charge in [-0.3, -0.25) is 14.5 Å². The fourth-order valence-corrected chi connectivity index (χ4v) is 3.15. The molecular formula is C21H22N2O4. The first-order chi connectivity index (χ1) is 12.9.